The Hall–Kier alpha value is -7.48. The van der Waals surface area contributed by atoms with Gasteiger partial charge in [0.2, 0.25) is 0 Å². The van der Waals surface area contributed by atoms with Crippen LogP contribution in [0.15, 0.2) is 199 Å². The first-order valence-electron chi connectivity index (χ1n) is 21.0. The van der Waals surface area contributed by atoms with Crippen molar-refractivity contribution in [3.05, 3.63) is 205 Å². The van der Waals surface area contributed by atoms with E-state index in [-0.39, 0.29) is 5.41 Å². The van der Waals surface area contributed by atoms with E-state index in [0.717, 1.165) is 11.2 Å². The second-order valence-corrected chi connectivity index (χ2v) is 17.1. The van der Waals surface area contributed by atoms with Crippen LogP contribution in [0.3, 0.4) is 0 Å². The summed E-state index contributed by atoms with van der Waals surface area (Å²) >= 11 is 0. The quantitative estimate of drug-likeness (QED) is 0.163. The van der Waals surface area contributed by atoms with Crippen LogP contribution in [-0.4, -0.2) is 0 Å². The molecule has 280 valence electrons. The number of rotatable bonds is 3. The average molecular weight is 763 g/mol. The molecule has 0 aliphatic heterocycles. The third-order valence-corrected chi connectivity index (χ3v) is 13.6. The molecule has 0 bridgehead atoms. The number of benzene rings is 11. The second kappa shape index (κ2) is 12.3. The zero-order valence-corrected chi connectivity index (χ0v) is 33.4. The molecule has 0 amide bonds. The van der Waals surface area contributed by atoms with Gasteiger partial charge in [0.15, 0.2) is 0 Å². The minimum atomic E-state index is -0.244. The Morgan fingerprint density at radius 3 is 1.50 bits per heavy atom. The van der Waals surface area contributed by atoms with Crippen molar-refractivity contribution < 1.29 is 4.42 Å². The maximum absolute atomic E-state index is 6.81. The van der Waals surface area contributed by atoms with Gasteiger partial charge >= 0.3 is 0 Å². The van der Waals surface area contributed by atoms with Crippen LogP contribution < -0.4 is 0 Å². The van der Waals surface area contributed by atoms with E-state index in [1.165, 1.54) is 120 Å². The Bertz CT molecular complexity index is 3740. The highest BCUT2D eigenvalue weighted by molar-refractivity contribution is 6.27. The molecule has 0 unspecified atom stereocenters. The van der Waals surface area contributed by atoms with E-state index in [1.807, 2.05) is 0 Å². The van der Waals surface area contributed by atoms with Crippen molar-refractivity contribution in [2.75, 3.05) is 0 Å². The lowest BCUT2D eigenvalue weighted by Crippen LogP contribution is -2.15. The Kier molecular flexibility index (Phi) is 6.85. The summed E-state index contributed by atoms with van der Waals surface area (Å²) < 4.78 is 6.81. The first-order valence-corrected chi connectivity index (χ1v) is 21.0. The smallest absolute Gasteiger partial charge is 0.140 e. The van der Waals surface area contributed by atoms with Crippen LogP contribution in [0, 0.1) is 0 Å². The van der Waals surface area contributed by atoms with Crippen molar-refractivity contribution in [2.24, 2.45) is 0 Å². The molecule has 1 heterocycles. The molecule has 0 saturated carbocycles. The SMILES string of the molecule is CC1(C)c2ccc(-c3ccc(-c4c5ccccc5c(-c5cccc6ccccc56)c5ccccc45)c4ccccc34)cc2-c2c1c1oc3ccccc3c1c1ccccc21. The zero-order chi connectivity index (χ0) is 39.7. The molecule has 0 fully saturated rings. The van der Waals surface area contributed by atoms with Crippen molar-refractivity contribution in [1.82, 2.24) is 0 Å². The molecule has 12 aromatic rings. The van der Waals surface area contributed by atoms with E-state index in [9.17, 15) is 0 Å². The van der Waals surface area contributed by atoms with E-state index in [0.29, 0.717) is 0 Å². The molecule has 0 spiro atoms. The van der Waals surface area contributed by atoms with Crippen LogP contribution in [0.5, 0.6) is 0 Å². The second-order valence-electron chi connectivity index (χ2n) is 17.1. The van der Waals surface area contributed by atoms with Crippen molar-refractivity contribution >= 4 is 75.8 Å². The van der Waals surface area contributed by atoms with Crippen LogP contribution >= 0.6 is 0 Å². The van der Waals surface area contributed by atoms with Crippen molar-refractivity contribution in [3.63, 3.8) is 0 Å². The van der Waals surface area contributed by atoms with Gasteiger partial charge in [0.25, 0.3) is 0 Å². The Balaban J connectivity index is 1.05. The molecule has 1 aromatic heterocycles. The number of hydrogen-bond donors (Lipinski definition) is 0. The van der Waals surface area contributed by atoms with Crippen molar-refractivity contribution in [3.8, 4) is 44.5 Å². The number of hydrogen-bond acceptors (Lipinski definition) is 1. The fraction of sp³-hybridized carbons (Fsp3) is 0.0508. The van der Waals surface area contributed by atoms with E-state index >= 15 is 0 Å². The van der Waals surface area contributed by atoms with Gasteiger partial charge < -0.3 is 4.42 Å². The molecule has 0 radical (unpaired) electrons. The molecule has 0 saturated heterocycles. The maximum Gasteiger partial charge on any atom is 0.140 e. The highest BCUT2D eigenvalue weighted by atomic mass is 16.3. The third-order valence-electron chi connectivity index (χ3n) is 13.6. The molecule has 0 atom stereocenters. The molecule has 1 aliphatic carbocycles. The normalized spacial score (nSPS) is 13.3. The van der Waals surface area contributed by atoms with Crippen LogP contribution in [0.1, 0.15) is 25.0 Å². The van der Waals surface area contributed by atoms with Gasteiger partial charge in [-0.25, -0.2) is 0 Å². The van der Waals surface area contributed by atoms with E-state index < -0.39 is 0 Å². The molecular formula is C59H38O. The predicted octanol–water partition coefficient (Wildman–Crippen LogP) is 16.7. The summed E-state index contributed by atoms with van der Waals surface area (Å²) in [5.74, 6) is 0. The number of furan rings is 1. The summed E-state index contributed by atoms with van der Waals surface area (Å²) in [6.07, 6.45) is 0. The standard InChI is InChI=1S/C59H38O/c1-59(2)51-33-30-36(34-50(51)55-46-25-11-12-26-47(46)56-49-27-13-14-29-52(49)60-58(56)57(55)59)38-31-32-48(40-20-6-5-19-39(38)40)54-44-23-9-7-21-42(44)53(43-22-8-10-24-45(43)54)41-28-15-17-35-16-3-4-18-37(35)41/h3-34H,1-2H3. The molecule has 0 N–H and O–H groups in total. The van der Waals surface area contributed by atoms with Gasteiger partial charge in [0, 0.05) is 21.8 Å². The third kappa shape index (κ3) is 4.47. The lowest BCUT2D eigenvalue weighted by atomic mass is 9.80. The van der Waals surface area contributed by atoms with Gasteiger partial charge in [-0.05, 0) is 116 Å². The fourth-order valence-electron chi connectivity index (χ4n) is 11.1. The van der Waals surface area contributed by atoms with Gasteiger partial charge in [-0.2, -0.15) is 0 Å². The summed E-state index contributed by atoms with van der Waals surface area (Å²) in [4.78, 5) is 0. The number of para-hydroxylation sites is 1. The van der Waals surface area contributed by atoms with Crippen LogP contribution in [0.25, 0.3) is 120 Å². The van der Waals surface area contributed by atoms with Crippen LogP contribution in [-0.2, 0) is 5.41 Å². The van der Waals surface area contributed by atoms with Gasteiger partial charge in [0.1, 0.15) is 11.2 Å². The average Bonchev–Trinajstić information content (AvgIpc) is 3.80. The summed E-state index contributed by atoms with van der Waals surface area (Å²) in [6.45, 7) is 4.73. The molecule has 60 heavy (non-hydrogen) atoms. The van der Waals surface area contributed by atoms with E-state index in [1.54, 1.807) is 0 Å². The summed E-state index contributed by atoms with van der Waals surface area (Å²) in [7, 11) is 0. The number of fused-ring (bicyclic) bond motifs is 14. The van der Waals surface area contributed by atoms with Gasteiger partial charge in [-0.15, -0.1) is 0 Å². The first kappa shape index (κ1) is 33.5. The summed E-state index contributed by atoms with van der Waals surface area (Å²) in [5, 5.41) is 15.0. The van der Waals surface area contributed by atoms with E-state index in [4.69, 9.17) is 4.42 Å². The highest BCUT2D eigenvalue weighted by Gasteiger charge is 2.40. The van der Waals surface area contributed by atoms with Crippen molar-refractivity contribution in [2.45, 2.75) is 19.3 Å². The fourth-order valence-corrected chi connectivity index (χ4v) is 11.1. The lowest BCUT2D eigenvalue weighted by molar-refractivity contribution is 0.620. The minimum Gasteiger partial charge on any atom is -0.456 e. The lowest BCUT2D eigenvalue weighted by Gasteiger charge is -2.22. The van der Waals surface area contributed by atoms with Crippen molar-refractivity contribution in [1.29, 1.82) is 0 Å². The predicted molar refractivity (Wildman–Crippen MR) is 255 cm³/mol. The van der Waals surface area contributed by atoms with Gasteiger partial charge in [-0.3, -0.25) is 0 Å². The monoisotopic (exact) mass is 762 g/mol. The highest BCUT2D eigenvalue weighted by Crippen LogP contribution is 2.57. The molecule has 1 heteroatoms. The molecular weight excluding hydrogens is 725 g/mol. The van der Waals surface area contributed by atoms with Gasteiger partial charge in [0.05, 0.1) is 0 Å². The Labute approximate surface area is 347 Å². The summed E-state index contributed by atoms with van der Waals surface area (Å²) in [6, 6.07) is 71.8. The largest absolute Gasteiger partial charge is 0.456 e. The first-order chi connectivity index (χ1) is 29.6. The Morgan fingerprint density at radius 2 is 0.833 bits per heavy atom. The van der Waals surface area contributed by atoms with Crippen LogP contribution in [0.4, 0.5) is 0 Å². The topological polar surface area (TPSA) is 13.1 Å². The molecule has 13 rings (SSSR count). The summed E-state index contributed by atoms with van der Waals surface area (Å²) in [5.41, 5.74) is 14.4. The molecule has 1 nitrogen and oxygen atoms in total. The molecule has 11 aromatic carbocycles. The van der Waals surface area contributed by atoms with E-state index in [2.05, 4.69) is 208 Å². The van der Waals surface area contributed by atoms with Gasteiger partial charge in [-0.1, -0.05) is 196 Å². The Morgan fingerprint density at radius 1 is 0.350 bits per heavy atom. The minimum absolute atomic E-state index is 0.244. The maximum atomic E-state index is 6.81. The molecule has 1 aliphatic rings. The zero-order valence-electron chi connectivity index (χ0n) is 33.4. The van der Waals surface area contributed by atoms with Crippen LogP contribution in [0.2, 0.25) is 0 Å².